The van der Waals surface area contributed by atoms with Gasteiger partial charge in [0.05, 0.1) is 5.69 Å². The van der Waals surface area contributed by atoms with Crippen molar-refractivity contribution in [3.05, 3.63) is 48.0 Å². The van der Waals surface area contributed by atoms with Crippen LogP contribution in [0.15, 0.2) is 47.5 Å². The number of unbranched alkanes of at least 4 members (excludes halogenated alkanes) is 2. The van der Waals surface area contributed by atoms with Crippen LogP contribution in [-0.2, 0) is 4.79 Å². The summed E-state index contributed by atoms with van der Waals surface area (Å²) in [5.41, 5.74) is 3.06. The average Bonchev–Trinajstić information content (AvgIpc) is 3.48. The summed E-state index contributed by atoms with van der Waals surface area (Å²) < 4.78 is 10.8. The molecular weight excluding hydrogens is 400 g/mol. The van der Waals surface area contributed by atoms with Crippen molar-refractivity contribution in [2.45, 2.75) is 26.2 Å². The van der Waals surface area contributed by atoms with Gasteiger partial charge in [0.25, 0.3) is 5.91 Å². The lowest BCUT2D eigenvalue weighted by Gasteiger charge is -2.16. The fourth-order valence-corrected chi connectivity index (χ4v) is 4.33. The molecule has 2 aromatic carbocycles. The van der Waals surface area contributed by atoms with Crippen molar-refractivity contribution in [3.63, 3.8) is 0 Å². The second-order valence-electron chi connectivity index (χ2n) is 7.10. The highest BCUT2D eigenvalue weighted by Crippen LogP contribution is 2.38. The first-order chi connectivity index (χ1) is 14.7. The number of hydrogen-bond acceptors (Lipinski definition) is 7. The lowest BCUT2D eigenvalue weighted by Crippen LogP contribution is -2.31. The van der Waals surface area contributed by atoms with E-state index in [0.29, 0.717) is 28.1 Å². The molecule has 152 valence electrons. The first-order valence-corrected chi connectivity index (χ1v) is 10.8. The van der Waals surface area contributed by atoms with Gasteiger partial charge in [-0.2, -0.15) is 0 Å². The third-order valence-electron chi connectivity index (χ3n) is 5.12. The van der Waals surface area contributed by atoms with E-state index in [1.165, 1.54) is 11.3 Å². The zero-order valence-electron chi connectivity index (χ0n) is 16.5. The minimum absolute atomic E-state index is 0.0767. The molecule has 8 heteroatoms. The lowest BCUT2D eigenvalue weighted by atomic mass is 10.1. The molecule has 0 spiro atoms. The van der Waals surface area contributed by atoms with Crippen molar-refractivity contribution >= 4 is 33.8 Å². The van der Waals surface area contributed by atoms with E-state index in [9.17, 15) is 4.79 Å². The molecule has 0 fully saturated rings. The summed E-state index contributed by atoms with van der Waals surface area (Å²) in [6.45, 7) is 3.07. The Kier molecular flexibility index (Phi) is 4.92. The molecule has 0 aliphatic carbocycles. The highest BCUT2D eigenvalue weighted by Gasteiger charge is 2.33. The molecule has 2 aliphatic heterocycles. The molecule has 1 amide bonds. The van der Waals surface area contributed by atoms with Gasteiger partial charge in [-0.05, 0) is 30.7 Å². The Morgan fingerprint density at radius 1 is 1.10 bits per heavy atom. The van der Waals surface area contributed by atoms with Crippen molar-refractivity contribution < 1.29 is 14.3 Å². The van der Waals surface area contributed by atoms with Crippen LogP contribution in [-0.4, -0.2) is 35.2 Å². The van der Waals surface area contributed by atoms with Crippen molar-refractivity contribution in [2.24, 2.45) is 4.99 Å². The molecular formula is C22H20N4O3S. The first-order valence-electron chi connectivity index (χ1n) is 9.98. The number of anilines is 1. The number of rotatable bonds is 6. The molecule has 2 aliphatic rings. The minimum atomic E-state index is -0.0767. The Hall–Kier alpha value is -3.26. The monoisotopic (exact) mass is 420 g/mol. The van der Waals surface area contributed by atoms with E-state index >= 15 is 0 Å². The number of nitrogens with zero attached hydrogens (tertiary/aromatic N) is 4. The minimum Gasteiger partial charge on any atom is -0.454 e. The average molecular weight is 420 g/mol. The second kappa shape index (κ2) is 7.87. The predicted octanol–water partition coefficient (Wildman–Crippen LogP) is 4.59. The van der Waals surface area contributed by atoms with Crippen molar-refractivity contribution in [1.29, 1.82) is 0 Å². The van der Waals surface area contributed by atoms with Gasteiger partial charge >= 0.3 is 0 Å². The van der Waals surface area contributed by atoms with Crippen LogP contribution < -0.4 is 14.4 Å². The number of carbonyl (C=O) groups is 1. The van der Waals surface area contributed by atoms with Crippen LogP contribution >= 0.6 is 11.3 Å². The van der Waals surface area contributed by atoms with Gasteiger partial charge < -0.3 is 14.4 Å². The van der Waals surface area contributed by atoms with Crippen LogP contribution in [0.4, 0.5) is 10.8 Å². The second-order valence-corrected chi connectivity index (χ2v) is 8.06. The van der Waals surface area contributed by atoms with Gasteiger partial charge in [-0.1, -0.05) is 49.3 Å². The third kappa shape index (κ3) is 3.33. The maximum Gasteiger partial charge on any atom is 0.277 e. The number of ether oxygens (including phenoxy) is 2. The van der Waals surface area contributed by atoms with Crippen LogP contribution in [0.1, 0.15) is 31.7 Å². The van der Waals surface area contributed by atoms with E-state index in [2.05, 4.69) is 22.1 Å². The van der Waals surface area contributed by atoms with E-state index in [1.807, 2.05) is 47.4 Å². The summed E-state index contributed by atoms with van der Waals surface area (Å²) >= 11 is 1.34. The standard InChI is InChI=1S/C22H20N4O3S/c1-2-3-6-11-26-16-8-5-4-7-15(16)19(21(26)27)23-22-25-24-20(30-22)14-9-10-17-18(12-14)29-13-28-17/h4-5,7-10,12H,2-3,6,11,13H2,1H3/b23-19+. The molecule has 5 rings (SSSR count). The quantitative estimate of drug-likeness (QED) is 0.545. The van der Waals surface area contributed by atoms with Gasteiger partial charge in [0.15, 0.2) is 11.5 Å². The van der Waals surface area contributed by atoms with Crippen LogP contribution in [0.2, 0.25) is 0 Å². The maximum atomic E-state index is 13.1. The number of hydrogen-bond donors (Lipinski definition) is 0. The third-order valence-corrected chi connectivity index (χ3v) is 5.99. The van der Waals surface area contributed by atoms with Crippen molar-refractivity contribution in [1.82, 2.24) is 10.2 Å². The lowest BCUT2D eigenvalue weighted by molar-refractivity contribution is -0.112. The summed E-state index contributed by atoms with van der Waals surface area (Å²) in [5.74, 6) is 1.34. The van der Waals surface area contributed by atoms with Crippen molar-refractivity contribution in [2.75, 3.05) is 18.2 Å². The fraction of sp³-hybridized carbons (Fsp3) is 0.273. The van der Waals surface area contributed by atoms with Gasteiger partial charge in [-0.3, -0.25) is 4.79 Å². The molecule has 1 aromatic heterocycles. The van der Waals surface area contributed by atoms with Gasteiger partial charge in [-0.15, -0.1) is 10.2 Å². The Morgan fingerprint density at radius 2 is 1.97 bits per heavy atom. The number of aliphatic imine (C=N–C) groups is 1. The largest absolute Gasteiger partial charge is 0.454 e. The highest BCUT2D eigenvalue weighted by atomic mass is 32.1. The summed E-state index contributed by atoms with van der Waals surface area (Å²) in [6.07, 6.45) is 3.17. The summed E-state index contributed by atoms with van der Waals surface area (Å²) in [5, 5.41) is 9.62. The number of amides is 1. The van der Waals surface area contributed by atoms with Gasteiger partial charge in [0.2, 0.25) is 11.9 Å². The van der Waals surface area contributed by atoms with E-state index in [0.717, 1.165) is 41.8 Å². The topological polar surface area (TPSA) is 76.9 Å². The van der Waals surface area contributed by atoms with Crippen LogP contribution in [0.5, 0.6) is 11.5 Å². The zero-order chi connectivity index (χ0) is 20.5. The number of fused-ring (bicyclic) bond motifs is 2. The summed E-state index contributed by atoms with van der Waals surface area (Å²) in [7, 11) is 0. The molecule has 0 saturated heterocycles. The number of benzene rings is 2. The van der Waals surface area contributed by atoms with Crippen molar-refractivity contribution in [3.8, 4) is 22.1 Å². The zero-order valence-corrected chi connectivity index (χ0v) is 17.3. The highest BCUT2D eigenvalue weighted by molar-refractivity contribution is 7.18. The molecule has 3 aromatic rings. The smallest absolute Gasteiger partial charge is 0.277 e. The molecule has 30 heavy (non-hydrogen) atoms. The molecule has 0 bridgehead atoms. The van der Waals surface area contributed by atoms with E-state index in [-0.39, 0.29) is 12.7 Å². The Labute approximate surface area is 178 Å². The molecule has 0 N–H and O–H groups in total. The molecule has 0 unspecified atom stereocenters. The predicted molar refractivity (Wildman–Crippen MR) is 116 cm³/mol. The number of carbonyl (C=O) groups excluding carboxylic acids is 1. The summed E-state index contributed by atoms with van der Waals surface area (Å²) in [6, 6.07) is 13.4. The van der Waals surface area contributed by atoms with Crippen LogP contribution in [0, 0.1) is 0 Å². The molecule has 7 nitrogen and oxygen atoms in total. The van der Waals surface area contributed by atoms with Gasteiger partial charge in [0, 0.05) is 17.7 Å². The summed E-state index contributed by atoms with van der Waals surface area (Å²) in [4.78, 5) is 19.5. The van der Waals surface area contributed by atoms with Gasteiger partial charge in [0.1, 0.15) is 10.7 Å². The number of aromatic nitrogens is 2. The molecule has 0 atom stereocenters. The normalized spacial score (nSPS) is 15.8. The maximum absolute atomic E-state index is 13.1. The number of para-hydroxylation sites is 1. The molecule has 0 saturated carbocycles. The Balaban J connectivity index is 1.44. The van der Waals surface area contributed by atoms with Crippen LogP contribution in [0.25, 0.3) is 10.6 Å². The Morgan fingerprint density at radius 3 is 2.87 bits per heavy atom. The SMILES string of the molecule is CCCCCN1C(=O)/C(=N/c2nnc(-c3ccc4c(c3)OCO4)s2)c2ccccc21. The first kappa shape index (κ1) is 18.7. The molecule has 0 radical (unpaired) electrons. The van der Waals surface area contributed by atoms with E-state index in [4.69, 9.17) is 9.47 Å². The van der Waals surface area contributed by atoms with Crippen LogP contribution in [0.3, 0.4) is 0 Å². The van der Waals surface area contributed by atoms with Gasteiger partial charge in [-0.25, -0.2) is 4.99 Å². The fourth-order valence-electron chi connectivity index (χ4n) is 3.61. The van der Waals surface area contributed by atoms with E-state index < -0.39 is 0 Å². The molecule has 3 heterocycles. The Bertz CT molecular complexity index is 1140. The van der Waals surface area contributed by atoms with E-state index in [1.54, 1.807) is 0 Å².